The summed E-state index contributed by atoms with van der Waals surface area (Å²) in [7, 11) is -4.00. The summed E-state index contributed by atoms with van der Waals surface area (Å²) in [6, 6.07) is 14.4. The van der Waals surface area contributed by atoms with Crippen molar-refractivity contribution in [3.05, 3.63) is 77.4 Å². The smallest absolute Gasteiger partial charge is 0.338 e. The number of fused-ring (bicyclic) bond motifs is 3. The first-order chi connectivity index (χ1) is 15.8. The minimum atomic E-state index is -4.00. The maximum atomic E-state index is 13.0. The van der Waals surface area contributed by atoms with Gasteiger partial charge in [-0.2, -0.15) is 0 Å². The molecule has 166 valence electrons. The van der Waals surface area contributed by atoms with Crippen LogP contribution < -0.4 is 14.8 Å². The minimum absolute atomic E-state index is 0.0224. The van der Waals surface area contributed by atoms with Gasteiger partial charge in [-0.25, -0.2) is 13.2 Å². The van der Waals surface area contributed by atoms with Gasteiger partial charge in [0.1, 0.15) is 0 Å². The molecule has 2 aliphatic heterocycles. The van der Waals surface area contributed by atoms with Gasteiger partial charge in [-0.3, -0.25) is 9.59 Å². The zero-order valence-electron chi connectivity index (χ0n) is 16.9. The summed E-state index contributed by atoms with van der Waals surface area (Å²) in [5.41, 5.74) is 0.393. The van der Waals surface area contributed by atoms with Gasteiger partial charge in [-0.05, 0) is 42.5 Å². The second-order valence-corrected chi connectivity index (χ2v) is 9.12. The third-order valence-electron chi connectivity index (χ3n) is 5.16. The predicted octanol–water partition coefficient (Wildman–Crippen LogP) is 2.59. The molecule has 0 saturated carbocycles. The number of rotatable bonds is 4. The summed E-state index contributed by atoms with van der Waals surface area (Å²) in [4.78, 5) is 36.9. The number of anilines is 1. The molecule has 0 aromatic heterocycles. The molecule has 0 fully saturated rings. The Morgan fingerprint density at radius 2 is 1.67 bits per heavy atom. The van der Waals surface area contributed by atoms with Crippen LogP contribution in [0.5, 0.6) is 11.5 Å². The standard InChI is InChI=1S/C23H15NO8S/c25-21(24-14-6-8-17-18(10-14)32-12-31-17)11-30-23(27)13-5-7-16-20(9-13)33(28,29)19-4-2-1-3-15(19)22(16)26/h1-10H,11-12H2,(H,24,25). The number of hydrogen-bond donors (Lipinski definition) is 1. The maximum Gasteiger partial charge on any atom is 0.338 e. The van der Waals surface area contributed by atoms with Gasteiger partial charge in [-0.1, -0.05) is 12.1 Å². The number of nitrogens with one attached hydrogen (secondary N) is 1. The van der Waals surface area contributed by atoms with E-state index in [2.05, 4.69) is 5.32 Å². The molecule has 0 saturated heterocycles. The Balaban J connectivity index is 1.30. The molecule has 1 N–H and O–H groups in total. The number of ether oxygens (including phenoxy) is 3. The average molecular weight is 465 g/mol. The number of ketones is 1. The Bertz CT molecular complexity index is 1440. The van der Waals surface area contributed by atoms with Gasteiger partial charge in [-0.15, -0.1) is 0 Å². The van der Waals surface area contributed by atoms with Gasteiger partial charge in [0.05, 0.1) is 15.4 Å². The first-order valence-corrected chi connectivity index (χ1v) is 11.2. The van der Waals surface area contributed by atoms with E-state index in [1.165, 1.54) is 30.3 Å². The highest BCUT2D eigenvalue weighted by atomic mass is 32.2. The molecule has 3 aromatic rings. The second-order valence-electron chi connectivity index (χ2n) is 7.23. The molecular weight excluding hydrogens is 450 g/mol. The van der Waals surface area contributed by atoms with E-state index in [9.17, 15) is 22.8 Å². The third kappa shape index (κ3) is 3.60. The lowest BCUT2D eigenvalue weighted by molar-refractivity contribution is -0.119. The number of hydrogen-bond acceptors (Lipinski definition) is 8. The fourth-order valence-electron chi connectivity index (χ4n) is 3.60. The van der Waals surface area contributed by atoms with Crippen molar-refractivity contribution < 1.29 is 37.0 Å². The Morgan fingerprint density at radius 3 is 2.52 bits per heavy atom. The van der Waals surface area contributed by atoms with Crippen molar-refractivity contribution in [1.29, 1.82) is 0 Å². The Kier molecular flexibility index (Phi) is 4.86. The van der Waals surface area contributed by atoms with Crippen molar-refractivity contribution >= 4 is 33.2 Å². The van der Waals surface area contributed by atoms with E-state index < -0.39 is 34.1 Å². The molecule has 10 heteroatoms. The fourth-order valence-corrected chi connectivity index (χ4v) is 5.27. The quantitative estimate of drug-likeness (QED) is 0.456. The van der Waals surface area contributed by atoms with Gasteiger partial charge in [0.2, 0.25) is 16.6 Å². The third-order valence-corrected chi connectivity index (χ3v) is 7.02. The number of amides is 1. The lowest BCUT2D eigenvalue weighted by atomic mass is 10.0. The Hall–Kier alpha value is -4.18. The van der Waals surface area contributed by atoms with Crippen molar-refractivity contribution in [2.24, 2.45) is 0 Å². The van der Waals surface area contributed by atoms with Gasteiger partial charge < -0.3 is 19.5 Å². The number of carbonyl (C=O) groups is 3. The minimum Gasteiger partial charge on any atom is -0.454 e. The largest absolute Gasteiger partial charge is 0.454 e. The van der Waals surface area contributed by atoms with Gasteiger partial charge in [0.15, 0.2) is 23.9 Å². The first-order valence-electron chi connectivity index (χ1n) is 9.74. The summed E-state index contributed by atoms with van der Waals surface area (Å²) in [5, 5.41) is 2.57. The van der Waals surface area contributed by atoms with Gasteiger partial charge in [0, 0.05) is 22.9 Å². The first kappa shape index (κ1) is 20.7. The number of sulfone groups is 1. The summed E-state index contributed by atoms with van der Waals surface area (Å²) in [5.74, 6) is -0.908. The van der Waals surface area contributed by atoms with Crippen LogP contribution in [0.25, 0.3) is 0 Å². The van der Waals surface area contributed by atoms with E-state index in [1.54, 1.807) is 24.3 Å². The zero-order chi connectivity index (χ0) is 23.2. The summed E-state index contributed by atoms with van der Waals surface area (Å²) < 4.78 is 41.4. The van der Waals surface area contributed by atoms with Crippen molar-refractivity contribution in [2.75, 3.05) is 18.7 Å². The highest BCUT2D eigenvalue weighted by Gasteiger charge is 2.35. The monoisotopic (exact) mass is 465 g/mol. The summed E-state index contributed by atoms with van der Waals surface area (Å²) in [6.07, 6.45) is 0. The van der Waals surface area contributed by atoms with Crippen molar-refractivity contribution in [3.63, 3.8) is 0 Å². The molecule has 1 amide bonds. The Morgan fingerprint density at radius 1 is 0.909 bits per heavy atom. The molecule has 5 rings (SSSR count). The molecular formula is C23H15NO8S. The van der Waals surface area contributed by atoms with Crippen molar-refractivity contribution in [2.45, 2.75) is 9.79 Å². The predicted molar refractivity (Wildman–Crippen MR) is 113 cm³/mol. The van der Waals surface area contributed by atoms with Crippen molar-refractivity contribution in [3.8, 4) is 11.5 Å². The highest BCUT2D eigenvalue weighted by molar-refractivity contribution is 7.91. The molecule has 2 aliphatic rings. The van der Waals surface area contributed by atoms with Crippen LogP contribution in [-0.2, 0) is 19.4 Å². The van der Waals surface area contributed by atoms with Crippen LogP contribution in [0.3, 0.4) is 0 Å². The summed E-state index contributed by atoms with van der Waals surface area (Å²) >= 11 is 0. The summed E-state index contributed by atoms with van der Waals surface area (Å²) in [6.45, 7) is -0.503. The van der Waals surface area contributed by atoms with E-state index in [1.807, 2.05) is 0 Å². The molecule has 0 unspecified atom stereocenters. The molecule has 3 aromatic carbocycles. The number of benzene rings is 3. The van der Waals surface area contributed by atoms with Crippen LogP contribution >= 0.6 is 0 Å². The van der Waals surface area contributed by atoms with Crippen LogP contribution in [0.1, 0.15) is 26.3 Å². The molecule has 2 heterocycles. The molecule has 33 heavy (non-hydrogen) atoms. The topological polar surface area (TPSA) is 125 Å². The lowest BCUT2D eigenvalue weighted by Crippen LogP contribution is -2.22. The van der Waals surface area contributed by atoms with Crippen LogP contribution in [0.2, 0.25) is 0 Å². The normalized spacial score (nSPS) is 14.7. The highest BCUT2D eigenvalue weighted by Crippen LogP contribution is 2.35. The molecule has 0 atom stereocenters. The average Bonchev–Trinajstić information content (AvgIpc) is 3.29. The van der Waals surface area contributed by atoms with E-state index in [-0.39, 0.29) is 33.3 Å². The van der Waals surface area contributed by atoms with Crippen molar-refractivity contribution in [1.82, 2.24) is 0 Å². The molecule has 9 nitrogen and oxygen atoms in total. The number of esters is 1. The number of carbonyl (C=O) groups excluding carboxylic acids is 3. The SMILES string of the molecule is O=C(COC(=O)c1ccc2c(c1)S(=O)(=O)c1ccccc1C2=O)Nc1ccc2c(c1)OCO2. The molecule has 0 bridgehead atoms. The second kappa shape index (κ2) is 7.75. The lowest BCUT2D eigenvalue weighted by Gasteiger charge is -2.19. The molecule has 0 spiro atoms. The van der Waals surface area contributed by atoms with Gasteiger partial charge in [0.25, 0.3) is 5.91 Å². The van der Waals surface area contributed by atoms with Crippen LogP contribution in [0.15, 0.2) is 70.5 Å². The van der Waals surface area contributed by atoms with Crippen LogP contribution in [-0.4, -0.2) is 39.5 Å². The molecule has 0 radical (unpaired) electrons. The van der Waals surface area contributed by atoms with E-state index in [4.69, 9.17) is 14.2 Å². The van der Waals surface area contributed by atoms with E-state index in [0.29, 0.717) is 17.2 Å². The zero-order valence-corrected chi connectivity index (χ0v) is 17.7. The molecule has 0 aliphatic carbocycles. The Labute approximate surface area is 187 Å². The van der Waals surface area contributed by atoms with E-state index >= 15 is 0 Å². The van der Waals surface area contributed by atoms with E-state index in [0.717, 1.165) is 6.07 Å². The van der Waals surface area contributed by atoms with Crippen LogP contribution in [0, 0.1) is 0 Å². The van der Waals surface area contributed by atoms with Crippen LogP contribution in [0.4, 0.5) is 5.69 Å². The maximum absolute atomic E-state index is 13.0. The van der Waals surface area contributed by atoms with Gasteiger partial charge >= 0.3 is 5.97 Å². The fraction of sp³-hybridized carbons (Fsp3) is 0.0870.